The zero-order valence-electron chi connectivity index (χ0n) is 10.9. The zero-order chi connectivity index (χ0) is 12.7. The summed E-state index contributed by atoms with van der Waals surface area (Å²) in [5, 5.41) is 8.60. The van der Waals surface area contributed by atoms with Crippen LogP contribution >= 0.6 is 0 Å². The molecule has 0 unspecified atom stereocenters. The van der Waals surface area contributed by atoms with Gasteiger partial charge in [0.1, 0.15) is 0 Å². The first-order valence-corrected chi connectivity index (χ1v) is 6.30. The number of rotatable bonds is 5. The Morgan fingerprint density at radius 2 is 1.71 bits per heavy atom. The van der Waals surface area contributed by atoms with E-state index in [2.05, 4.69) is 15.9 Å². The van der Waals surface area contributed by atoms with Gasteiger partial charge in [-0.1, -0.05) is 0 Å². The molecule has 1 aliphatic heterocycles. The molecule has 0 saturated carbocycles. The van der Waals surface area contributed by atoms with Crippen LogP contribution in [0.15, 0.2) is 0 Å². The second kappa shape index (κ2) is 7.25. The number of carbonyl (C=O) groups is 1. The lowest BCUT2D eigenvalue weighted by Crippen LogP contribution is -2.50. The largest absolute Gasteiger partial charge is 0.342 e. The van der Waals surface area contributed by atoms with E-state index in [0.717, 1.165) is 39.3 Å². The number of carbonyl (C=O) groups excluding carboxylic acids is 1. The van der Waals surface area contributed by atoms with Crippen molar-refractivity contribution in [2.45, 2.75) is 13.8 Å². The van der Waals surface area contributed by atoms with E-state index < -0.39 is 0 Å². The predicted molar refractivity (Wildman–Crippen MR) is 66.4 cm³/mol. The van der Waals surface area contributed by atoms with Gasteiger partial charge in [0.05, 0.1) is 19.2 Å². The topological polar surface area (TPSA) is 50.6 Å². The normalized spacial score (nSPS) is 17.7. The second-order valence-corrected chi connectivity index (χ2v) is 4.28. The highest BCUT2D eigenvalue weighted by molar-refractivity contribution is 5.78. The van der Waals surface area contributed by atoms with E-state index >= 15 is 0 Å². The molecule has 0 atom stereocenters. The van der Waals surface area contributed by atoms with E-state index in [1.54, 1.807) is 0 Å². The molecule has 5 heteroatoms. The predicted octanol–water partition coefficient (Wildman–Crippen LogP) is -0.00402. The first-order chi connectivity index (χ1) is 8.21. The zero-order valence-corrected chi connectivity index (χ0v) is 10.9. The molecule has 1 rings (SSSR count). The van der Waals surface area contributed by atoms with E-state index in [-0.39, 0.29) is 5.91 Å². The molecule has 0 aliphatic carbocycles. The van der Waals surface area contributed by atoms with Crippen molar-refractivity contribution in [2.24, 2.45) is 0 Å². The van der Waals surface area contributed by atoms with Gasteiger partial charge >= 0.3 is 0 Å². The van der Waals surface area contributed by atoms with E-state index in [1.165, 1.54) is 0 Å². The average Bonchev–Trinajstić information content (AvgIpc) is 2.33. The van der Waals surface area contributed by atoms with Crippen molar-refractivity contribution in [2.75, 3.05) is 52.4 Å². The van der Waals surface area contributed by atoms with Gasteiger partial charge in [0, 0.05) is 39.3 Å². The number of nitrogens with zero attached hydrogens (tertiary/aromatic N) is 4. The minimum absolute atomic E-state index is 0.212. The van der Waals surface area contributed by atoms with Crippen LogP contribution in [-0.4, -0.2) is 73.0 Å². The minimum Gasteiger partial charge on any atom is -0.342 e. The maximum Gasteiger partial charge on any atom is 0.236 e. The standard InChI is InChI=1S/C12H22N4O/c1-3-16(4-2)12(17)11-15-9-7-14(6-5-13)8-10-15/h3-4,6-11H2,1-2H3. The van der Waals surface area contributed by atoms with Crippen molar-refractivity contribution in [1.82, 2.24) is 14.7 Å². The van der Waals surface area contributed by atoms with Gasteiger partial charge < -0.3 is 4.90 Å². The number of piperazine rings is 1. The first kappa shape index (κ1) is 13.9. The van der Waals surface area contributed by atoms with Crippen LogP contribution in [0, 0.1) is 11.3 Å². The van der Waals surface area contributed by atoms with Crippen molar-refractivity contribution >= 4 is 5.91 Å². The van der Waals surface area contributed by atoms with E-state index in [0.29, 0.717) is 13.1 Å². The van der Waals surface area contributed by atoms with Crippen LogP contribution in [0.25, 0.3) is 0 Å². The fourth-order valence-corrected chi connectivity index (χ4v) is 2.07. The highest BCUT2D eigenvalue weighted by Crippen LogP contribution is 2.02. The summed E-state index contributed by atoms with van der Waals surface area (Å²) in [5.74, 6) is 0.212. The maximum atomic E-state index is 11.9. The van der Waals surface area contributed by atoms with Crippen LogP contribution in [0.4, 0.5) is 0 Å². The number of nitriles is 1. The fraction of sp³-hybridized carbons (Fsp3) is 0.833. The SMILES string of the molecule is CCN(CC)C(=O)CN1CCN(CC#N)CC1. The molecule has 0 radical (unpaired) electrons. The molecule has 0 N–H and O–H groups in total. The Balaban J connectivity index is 2.30. The van der Waals surface area contributed by atoms with Crippen LogP contribution in [0.3, 0.4) is 0 Å². The summed E-state index contributed by atoms with van der Waals surface area (Å²) in [6.07, 6.45) is 0. The molecule has 0 bridgehead atoms. The second-order valence-electron chi connectivity index (χ2n) is 4.28. The van der Waals surface area contributed by atoms with E-state index in [1.807, 2.05) is 18.7 Å². The van der Waals surface area contributed by atoms with Crippen LogP contribution in [0.5, 0.6) is 0 Å². The summed E-state index contributed by atoms with van der Waals surface area (Å²) in [5.41, 5.74) is 0. The molecule has 1 heterocycles. The Bertz CT molecular complexity index is 275. The highest BCUT2D eigenvalue weighted by atomic mass is 16.2. The number of amides is 1. The Labute approximate surface area is 104 Å². The fourth-order valence-electron chi connectivity index (χ4n) is 2.07. The lowest BCUT2D eigenvalue weighted by molar-refractivity contribution is -0.132. The summed E-state index contributed by atoms with van der Waals surface area (Å²) >= 11 is 0. The van der Waals surface area contributed by atoms with Crippen molar-refractivity contribution < 1.29 is 4.79 Å². The van der Waals surface area contributed by atoms with Crippen molar-refractivity contribution in [3.63, 3.8) is 0 Å². The third-order valence-electron chi connectivity index (χ3n) is 3.23. The van der Waals surface area contributed by atoms with Gasteiger partial charge in [0.2, 0.25) is 5.91 Å². The Morgan fingerprint density at radius 1 is 1.18 bits per heavy atom. The third kappa shape index (κ3) is 4.33. The molecule has 17 heavy (non-hydrogen) atoms. The summed E-state index contributed by atoms with van der Waals surface area (Å²) in [4.78, 5) is 18.1. The molecular formula is C12H22N4O. The lowest BCUT2D eigenvalue weighted by atomic mass is 10.3. The van der Waals surface area contributed by atoms with Gasteiger partial charge in [-0.15, -0.1) is 0 Å². The molecule has 0 aromatic heterocycles. The monoisotopic (exact) mass is 238 g/mol. The maximum absolute atomic E-state index is 11.9. The Morgan fingerprint density at radius 3 is 2.18 bits per heavy atom. The van der Waals surface area contributed by atoms with Crippen molar-refractivity contribution in [3.8, 4) is 6.07 Å². The third-order valence-corrected chi connectivity index (χ3v) is 3.23. The molecule has 1 saturated heterocycles. The average molecular weight is 238 g/mol. The quantitative estimate of drug-likeness (QED) is 0.632. The van der Waals surface area contributed by atoms with Crippen molar-refractivity contribution in [1.29, 1.82) is 5.26 Å². The molecule has 1 fully saturated rings. The molecule has 0 aromatic carbocycles. The highest BCUT2D eigenvalue weighted by Gasteiger charge is 2.20. The lowest BCUT2D eigenvalue weighted by Gasteiger charge is -2.33. The first-order valence-electron chi connectivity index (χ1n) is 6.30. The van der Waals surface area contributed by atoms with Gasteiger partial charge in [-0.3, -0.25) is 14.6 Å². The Hall–Kier alpha value is -1.12. The number of likely N-dealkylation sites (N-methyl/N-ethyl adjacent to an activating group) is 1. The smallest absolute Gasteiger partial charge is 0.236 e. The van der Waals surface area contributed by atoms with Crippen LogP contribution in [0.2, 0.25) is 0 Å². The van der Waals surface area contributed by atoms with Crippen LogP contribution < -0.4 is 0 Å². The van der Waals surface area contributed by atoms with Gasteiger partial charge in [-0.25, -0.2) is 0 Å². The van der Waals surface area contributed by atoms with Crippen molar-refractivity contribution in [3.05, 3.63) is 0 Å². The Kier molecular flexibility index (Phi) is 5.95. The molecule has 96 valence electrons. The molecule has 0 spiro atoms. The minimum atomic E-state index is 0.212. The van der Waals surface area contributed by atoms with Crippen LogP contribution in [0.1, 0.15) is 13.8 Å². The summed E-state index contributed by atoms with van der Waals surface area (Å²) in [7, 11) is 0. The molecular weight excluding hydrogens is 216 g/mol. The summed E-state index contributed by atoms with van der Waals surface area (Å²) in [6, 6.07) is 2.16. The van der Waals surface area contributed by atoms with Crippen LogP contribution in [-0.2, 0) is 4.79 Å². The van der Waals surface area contributed by atoms with E-state index in [4.69, 9.17) is 5.26 Å². The number of hydrogen-bond donors (Lipinski definition) is 0. The molecule has 1 amide bonds. The molecule has 1 aliphatic rings. The summed E-state index contributed by atoms with van der Waals surface area (Å²) < 4.78 is 0. The van der Waals surface area contributed by atoms with Gasteiger partial charge in [0.25, 0.3) is 0 Å². The number of hydrogen-bond acceptors (Lipinski definition) is 4. The van der Waals surface area contributed by atoms with Gasteiger partial charge in [-0.2, -0.15) is 5.26 Å². The van der Waals surface area contributed by atoms with Gasteiger partial charge in [-0.05, 0) is 13.8 Å². The molecule has 5 nitrogen and oxygen atoms in total. The van der Waals surface area contributed by atoms with Gasteiger partial charge in [0.15, 0.2) is 0 Å². The summed E-state index contributed by atoms with van der Waals surface area (Å²) in [6.45, 7) is 10.1. The van der Waals surface area contributed by atoms with E-state index in [9.17, 15) is 4.79 Å². The molecule has 0 aromatic rings.